The van der Waals surface area contributed by atoms with Crippen LogP contribution in [0.1, 0.15) is 11.1 Å². The number of benzene rings is 1. The molecule has 1 aromatic carbocycles. The zero-order chi connectivity index (χ0) is 8.43. The molecular weight excluding hydrogens is 178 g/mol. The second-order valence-electron chi connectivity index (χ2n) is 2.30. The minimum atomic E-state index is 0.355. The SMILES string of the molecule is Cc1cccc(Cl)c1C(N)=S. The first-order valence-corrected chi connectivity index (χ1v) is 3.96. The van der Waals surface area contributed by atoms with E-state index in [-0.39, 0.29) is 0 Å². The number of halogens is 1. The Morgan fingerprint density at radius 3 is 2.55 bits per heavy atom. The third-order valence-corrected chi connectivity index (χ3v) is 1.99. The number of hydrogen-bond acceptors (Lipinski definition) is 1. The Kier molecular flexibility index (Phi) is 2.47. The van der Waals surface area contributed by atoms with Crippen LogP contribution in [-0.4, -0.2) is 4.99 Å². The van der Waals surface area contributed by atoms with Gasteiger partial charge in [0.1, 0.15) is 4.99 Å². The number of hydrogen-bond donors (Lipinski definition) is 1. The second kappa shape index (κ2) is 3.20. The fourth-order valence-electron chi connectivity index (χ4n) is 0.944. The van der Waals surface area contributed by atoms with Crippen LogP contribution in [0.25, 0.3) is 0 Å². The van der Waals surface area contributed by atoms with Crippen LogP contribution in [0, 0.1) is 6.92 Å². The molecule has 1 rings (SSSR count). The van der Waals surface area contributed by atoms with E-state index < -0.39 is 0 Å². The fraction of sp³-hybridized carbons (Fsp3) is 0.125. The number of thiocarbonyl (C=S) groups is 1. The summed E-state index contributed by atoms with van der Waals surface area (Å²) in [6, 6.07) is 5.59. The van der Waals surface area contributed by atoms with Crippen molar-refractivity contribution in [2.75, 3.05) is 0 Å². The van der Waals surface area contributed by atoms with Gasteiger partial charge in [0.2, 0.25) is 0 Å². The third kappa shape index (κ3) is 1.70. The molecule has 3 heteroatoms. The molecule has 0 aliphatic heterocycles. The van der Waals surface area contributed by atoms with E-state index in [9.17, 15) is 0 Å². The van der Waals surface area contributed by atoms with Gasteiger partial charge < -0.3 is 5.73 Å². The molecule has 0 fully saturated rings. The molecule has 0 amide bonds. The monoisotopic (exact) mass is 185 g/mol. The highest BCUT2D eigenvalue weighted by atomic mass is 35.5. The van der Waals surface area contributed by atoms with Gasteiger partial charge in [-0.2, -0.15) is 0 Å². The molecule has 0 unspecified atom stereocenters. The summed E-state index contributed by atoms with van der Waals surface area (Å²) in [5, 5.41) is 0.623. The Hall–Kier alpha value is -0.600. The van der Waals surface area contributed by atoms with Crippen LogP contribution in [0.5, 0.6) is 0 Å². The van der Waals surface area contributed by atoms with Gasteiger partial charge in [-0.05, 0) is 18.6 Å². The van der Waals surface area contributed by atoms with E-state index in [0.29, 0.717) is 10.0 Å². The molecule has 2 N–H and O–H groups in total. The molecule has 0 spiro atoms. The molecule has 1 nitrogen and oxygen atoms in total. The lowest BCUT2D eigenvalue weighted by Gasteiger charge is -2.04. The lowest BCUT2D eigenvalue weighted by Crippen LogP contribution is -2.11. The zero-order valence-corrected chi connectivity index (χ0v) is 7.67. The summed E-state index contributed by atoms with van der Waals surface area (Å²) in [7, 11) is 0. The normalized spacial score (nSPS) is 9.64. The van der Waals surface area contributed by atoms with E-state index in [1.807, 2.05) is 19.1 Å². The fourth-order valence-corrected chi connectivity index (χ4v) is 1.59. The van der Waals surface area contributed by atoms with Crippen molar-refractivity contribution < 1.29 is 0 Å². The Balaban J connectivity index is 3.32. The van der Waals surface area contributed by atoms with E-state index in [1.54, 1.807) is 6.07 Å². The van der Waals surface area contributed by atoms with Crippen molar-refractivity contribution in [2.24, 2.45) is 5.73 Å². The summed E-state index contributed by atoms with van der Waals surface area (Å²) in [6.07, 6.45) is 0. The van der Waals surface area contributed by atoms with Crippen molar-refractivity contribution in [3.63, 3.8) is 0 Å². The lowest BCUT2D eigenvalue weighted by atomic mass is 10.1. The first-order chi connectivity index (χ1) is 5.13. The van der Waals surface area contributed by atoms with Crippen molar-refractivity contribution in [2.45, 2.75) is 6.92 Å². The maximum atomic E-state index is 5.86. The molecule has 0 aliphatic carbocycles. The van der Waals surface area contributed by atoms with E-state index in [2.05, 4.69) is 0 Å². The molecule has 0 radical (unpaired) electrons. The highest BCUT2D eigenvalue weighted by molar-refractivity contribution is 7.80. The van der Waals surface area contributed by atoms with Gasteiger partial charge in [0.05, 0.1) is 5.02 Å². The van der Waals surface area contributed by atoms with Crippen LogP contribution in [0.15, 0.2) is 18.2 Å². The van der Waals surface area contributed by atoms with Crippen molar-refractivity contribution in [1.29, 1.82) is 0 Å². The highest BCUT2D eigenvalue weighted by Crippen LogP contribution is 2.18. The van der Waals surface area contributed by atoms with E-state index >= 15 is 0 Å². The minimum Gasteiger partial charge on any atom is -0.389 e. The van der Waals surface area contributed by atoms with Crippen LogP contribution in [0.2, 0.25) is 5.02 Å². The Morgan fingerprint density at radius 2 is 2.18 bits per heavy atom. The van der Waals surface area contributed by atoms with Gasteiger partial charge in [0.25, 0.3) is 0 Å². The summed E-state index contributed by atoms with van der Waals surface area (Å²) in [5.74, 6) is 0. The molecule has 11 heavy (non-hydrogen) atoms. The van der Waals surface area contributed by atoms with Gasteiger partial charge in [0, 0.05) is 5.56 Å². The average molecular weight is 186 g/mol. The predicted octanol–water partition coefficient (Wildman–Crippen LogP) is 2.28. The second-order valence-corrected chi connectivity index (χ2v) is 3.14. The molecule has 0 aromatic heterocycles. The number of aryl methyl sites for hydroxylation is 1. The van der Waals surface area contributed by atoms with E-state index in [0.717, 1.165) is 11.1 Å². The first-order valence-electron chi connectivity index (χ1n) is 3.18. The van der Waals surface area contributed by atoms with Crippen LogP contribution in [0.4, 0.5) is 0 Å². The minimum absolute atomic E-state index is 0.355. The smallest absolute Gasteiger partial charge is 0.105 e. The van der Waals surface area contributed by atoms with Gasteiger partial charge in [-0.25, -0.2) is 0 Å². The maximum Gasteiger partial charge on any atom is 0.105 e. The van der Waals surface area contributed by atoms with E-state index in [1.165, 1.54) is 0 Å². The molecule has 0 bridgehead atoms. The average Bonchev–Trinajstić information content (AvgIpc) is 1.85. The van der Waals surface area contributed by atoms with Crippen LogP contribution >= 0.6 is 23.8 Å². The molecule has 1 aromatic rings. The van der Waals surface area contributed by atoms with Gasteiger partial charge in [-0.1, -0.05) is 36.0 Å². The summed E-state index contributed by atoms with van der Waals surface area (Å²) < 4.78 is 0. The Morgan fingerprint density at radius 1 is 1.55 bits per heavy atom. The van der Waals surface area contributed by atoms with Crippen molar-refractivity contribution in [3.05, 3.63) is 34.3 Å². The van der Waals surface area contributed by atoms with Crippen LogP contribution in [0.3, 0.4) is 0 Å². The summed E-state index contributed by atoms with van der Waals surface area (Å²) in [4.78, 5) is 0.355. The largest absolute Gasteiger partial charge is 0.389 e. The van der Waals surface area contributed by atoms with Gasteiger partial charge in [-0.3, -0.25) is 0 Å². The van der Waals surface area contributed by atoms with Gasteiger partial charge in [-0.15, -0.1) is 0 Å². The lowest BCUT2D eigenvalue weighted by molar-refractivity contribution is 1.44. The Labute approximate surface area is 76.2 Å². The zero-order valence-electron chi connectivity index (χ0n) is 6.10. The maximum absolute atomic E-state index is 5.86. The van der Waals surface area contributed by atoms with Crippen molar-refractivity contribution in [1.82, 2.24) is 0 Å². The summed E-state index contributed by atoms with van der Waals surface area (Å²) >= 11 is 10.7. The highest BCUT2D eigenvalue weighted by Gasteiger charge is 2.04. The topological polar surface area (TPSA) is 26.0 Å². The standard InChI is InChI=1S/C8H8ClNS/c1-5-3-2-4-6(9)7(5)8(10)11/h2-4H,1H3,(H2,10,11). The van der Waals surface area contributed by atoms with Gasteiger partial charge in [0.15, 0.2) is 0 Å². The molecule has 58 valence electrons. The van der Waals surface area contributed by atoms with Gasteiger partial charge >= 0.3 is 0 Å². The quantitative estimate of drug-likeness (QED) is 0.680. The van der Waals surface area contributed by atoms with Crippen molar-refractivity contribution in [3.8, 4) is 0 Å². The van der Waals surface area contributed by atoms with Crippen LogP contribution < -0.4 is 5.73 Å². The summed E-state index contributed by atoms with van der Waals surface area (Å²) in [5.41, 5.74) is 7.26. The molecule has 0 aliphatic rings. The predicted molar refractivity (Wildman–Crippen MR) is 52.1 cm³/mol. The van der Waals surface area contributed by atoms with E-state index in [4.69, 9.17) is 29.6 Å². The number of rotatable bonds is 1. The number of nitrogens with two attached hydrogens (primary N) is 1. The molecule has 0 saturated heterocycles. The third-order valence-electron chi connectivity index (χ3n) is 1.47. The first kappa shape index (κ1) is 8.50. The van der Waals surface area contributed by atoms with Crippen molar-refractivity contribution >= 4 is 28.8 Å². The summed E-state index contributed by atoms with van der Waals surface area (Å²) in [6.45, 7) is 1.93. The molecule has 0 saturated carbocycles. The molecule has 0 atom stereocenters. The molecule has 0 heterocycles. The Bertz CT molecular complexity index is 276. The molecular formula is C8H8ClNS. The van der Waals surface area contributed by atoms with Crippen LogP contribution in [-0.2, 0) is 0 Å².